The van der Waals surface area contributed by atoms with Crippen LogP contribution in [-0.2, 0) is 16.0 Å². The predicted molar refractivity (Wildman–Crippen MR) is 81.2 cm³/mol. The molecule has 2 aliphatic rings. The Bertz CT molecular complexity index is 761. The van der Waals surface area contributed by atoms with Crippen molar-refractivity contribution in [3.8, 4) is 0 Å². The van der Waals surface area contributed by atoms with Gasteiger partial charge in [-0.15, -0.1) is 0 Å². The molecule has 0 heterocycles. The standard InChI is InChI=1S/C18H16O2/c1-2-20-18(19)15-10-9-14-8-7-13-5-3-4-6-16(13)17(14)12-11-15/h3-5,7-12H,2,6H2,1H3. The van der Waals surface area contributed by atoms with Crippen LogP contribution in [0.15, 0.2) is 42.0 Å². The summed E-state index contributed by atoms with van der Waals surface area (Å²) in [5, 5.41) is 2.40. The zero-order valence-electron chi connectivity index (χ0n) is 11.4. The molecule has 0 radical (unpaired) electrons. The van der Waals surface area contributed by atoms with Gasteiger partial charge in [0.1, 0.15) is 0 Å². The number of carbonyl (C=O) groups excluding carboxylic acids is 1. The summed E-state index contributed by atoms with van der Waals surface area (Å²) in [5.41, 5.74) is 3.10. The van der Waals surface area contributed by atoms with Crippen LogP contribution in [-0.4, -0.2) is 12.6 Å². The van der Waals surface area contributed by atoms with Gasteiger partial charge in [-0.25, -0.2) is 4.79 Å². The minimum absolute atomic E-state index is 0.270. The van der Waals surface area contributed by atoms with Gasteiger partial charge in [0, 0.05) is 0 Å². The van der Waals surface area contributed by atoms with Crippen molar-refractivity contribution in [1.29, 1.82) is 0 Å². The molecule has 0 aliphatic heterocycles. The van der Waals surface area contributed by atoms with Crippen molar-refractivity contribution in [2.75, 3.05) is 6.61 Å². The van der Waals surface area contributed by atoms with Gasteiger partial charge in [-0.2, -0.15) is 0 Å². The Balaban J connectivity index is 2.08. The molecule has 0 saturated carbocycles. The molecular formula is C18H16O2. The molecule has 0 saturated heterocycles. The molecule has 0 fully saturated rings. The lowest BCUT2D eigenvalue weighted by molar-refractivity contribution is -0.138. The van der Waals surface area contributed by atoms with Crippen LogP contribution < -0.4 is 10.4 Å². The normalized spacial score (nSPS) is 15.2. The van der Waals surface area contributed by atoms with Crippen molar-refractivity contribution in [2.45, 2.75) is 13.3 Å². The molecule has 0 aromatic heterocycles. The van der Waals surface area contributed by atoms with E-state index in [2.05, 4.69) is 30.4 Å². The lowest BCUT2D eigenvalue weighted by atomic mass is 9.96. The number of rotatable bonds is 2. The van der Waals surface area contributed by atoms with Gasteiger partial charge >= 0.3 is 5.97 Å². The lowest BCUT2D eigenvalue weighted by Gasteiger charge is -2.08. The Hall–Kier alpha value is -2.35. The minimum atomic E-state index is -0.270. The molecule has 1 aromatic carbocycles. The minimum Gasteiger partial charge on any atom is -0.462 e. The Morgan fingerprint density at radius 2 is 2.00 bits per heavy atom. The first-order valence-electron chi connectivity index (χ1n) is 6.85. The highest BCUT2D eigenvalue weighted by atomic mass is 16.5. The number of carbonyl (C=O) groups is 1. The number of esters is 1. The zero-order valence-corrected chi connectivity index (χ0v) is 11.4. The van der Waals surface area contributed by atoms with Crippen molar-refractivity contribution in [1.82, 2.24) is 0 Å². The Kier molecular flexibility index (Phi) is 3.38. The molecule has 3 rings (SSSR count). The molecule has 100 valence electrons. The summed E-state index contributed by atoms with van der Waals surface area (Å²) in [5.74, 6) is -0.270. The van der Waals surface area contributed by atoms with Crippen molar-refractivity contribution in [3.63, 3.8) is 0 Å². The Labute approximate surface area is 118 Å². The average Bonchev–Trinajstić information content (AvgIpc) is 2.70. The maximum absolute atomic E-state index is 11.8. The van der Waals surface area contributed by atoms with Gasteiger partial charge in [-0.1, -0.05) is 42.5 Å². The van der Waals surface area contributed by atoms with Crippen molar-refractivity contribution >= 4 is 24.2 Å². The molecule has 0 unspecified atom stereocenters. The van der Waals surface area contributed by atoms with Gasteiger partial charge in [-0.05, 0) is 47.1 Å². The van der Waals surface area contributed by atoms with Crippen molar-refractivity contribution < 1.29 is 9.53 Å². The number of fused-ring (bicyclic) bond motifs is 3. The van der Waals surface area contributed by atoms with E-state index in [1.165, 1.54) is 16.3 Å². The molecule has 0 bridgehead atoms. The highest BCUT2D eigenvalue weighted by Crippen LogP contribution is 2.12. The van der Waals surface area contributed by atoms with Gasteiger partial charge in [0.05, 0.1) is 12.2 Å². The van der Waals surface area contributed by atoms with E-state index in [1.54, 1.807) is 0 Å². The second-order valence-corrected chi connectivity index (χ2v) is 4.78. The fourth-order valence-electron chi connectivity index (χ4n) is 2.54. The van der Waals surface area contributed by atoms with Crippen LogP contribution in [0.3, 0.4) is 0 Å². The molecule has 2 aliphatic carbocycles. The summed E-state index contributed by atoms with van der Waals surface area (Å²) >= 11 is 0. The highest BCUT2D eigenvalue weighted by Gasteiger charge is 2.10. The fraction of sp³-hybridized carbons (Fsp3) is 0.167. The fourth-order valence-corrected chi connectivity index (χ4v) is 2.54. The summed E-state index contributed by atoms with van der Waals surface area (Å²) in [6.45, 7) is 2.21. The van der Waals surface area contributed by atoms with Crippen LogP contribution in [0.1, 0.15) is 18.1 Å². The van der Waals surface area contributed by atoms with E-state index < -0.39 is 0 Å². The van der Waals surface area contributed by atoms with E-state index in [4.69, 9.17) is 4.74 Å². The summed E-state index contributed by atoms with van der Waals surface area (Å²) in [4.78, 5) is 11.8. The van der Waals surface area contributed by atoms with E-state index in [1.807, 2.05) is 31.2 Å². The predicted octanol–water partition coefficient (Wildman–Crippen LogP) is 1.88. The van der Waals surface area contributed by atoms with E-state index in [9.17, 15) is 4.79 Å². The van der Waals surface area contributed by atoms with Crippen molar-refractivity contribution in [3.05, 3.63) is 63.6 Å². The van der Waals surface area contributed by atoms with Crippen molar-refractivity contribution in [2.24, 2.45) is 0 Å². The van der Waals surface area contributed by atoms with Gasteiger partial charge in [0.2, 0.25) is 0 Å². The molecule has 0 atom stereocenters. The summed E-state index contributed by atoms with van der Waals surface area (Å²) in [6, 6.07) is 4.23. The molecule has 20 heavy (non-hydrogen) atoms. The maximum Gasteiger partial charge on any atom is 0.338 e. The third kappa shape index (κ3) is 2.25. The Morgan fingerprint density at radius 1 is 1.15 bits per heavy atom. The van der Waals surface area contributed by atoms with E-state index in [0.717, 1.165) is 11.6 Å². The number of ether oxygens (including phenoxy) is 1. The lowest BCUT2D eigenvalue weighted by Crippen LogP contribution is -2.20. The second kappa shape index (κ2) is 5.33. The van der Waals surface area contributed by atoms with Gasteiger partial charge in [0.25, 0.3) is 0 Å². The molecule has 0 amide bonds. The van der Waals surface area contributed by atoms with E-state index in [-0.39, 0.29) is 5.97 Å². The Morgan fingerprint density at radius 3 is 2.85 bits per heavy atom. The maximum atomic E-state index is 11.8. The third-order valence-corrected chi connectivity index (χ3v) is 3.54. The summed E-state index contributed by atoms with van der Waals surface area (Å²) in [6.07, 6.45) is 15.0. The highest BCUT2D eigenvalue weighted by molar-refractivity contribution is 5.94. The quantitative estimate of drug-likeness (QED) is 0.762. The average molecular weight is 264 g/mol. The zero-order chi connectivity index (χ0) is 13.9. The van der Waals surface area contributed by atoms with Gasteiger partial charge < -0.3 is 4.74 Å². The van der Waals surface area contributed by atoms with E-state index >= 15 is 0 Å². The summed E-state index contributed by atoms with van der Waals surface area (Å²) in [7, 11) is 0. The van der Waals surface area contributed by atoms with Gasteiger partial charge in [-0.3, -0.25) is 0 Å². The first-order chi connectivity index (χ1) is 9.79. The third-order valence-electron chi connectivity index (χ3n) is 3.54. The first-order valence-corrected chi connectivity index (χ1v) is 6.85. The molecule has 0 spiro atoms. The van der Waals surface area contributed by atoms with Crippen LogP contribution in [0.2, 0.25) is 0 Å². The molecule has 1 aromatic rings. The van der Waals surface area contributed by atoms with Gasteiger partial charge in [0.15, 0.2) is 0 Å². The van der Waals surface area contributed by atoms with Crippen LogP contribution in [0.4, 0.5) is 0 Å². The topological polar surface area (TPSA) is 26.3 Å². The van der Waals surface area contributed by atoms with Crippen LogP contribution in [0.5, 0.6) is 0 Å². The molecular weight excluding hydrogens is 248 g/mol. The SMILES string of the molecule is CCOC(=O)C1=CC=c2ccc3c(c2C=C1)CC=CC=3. The number of allylic oxidation sites excluding steroid dienone is 3. The summed E-state index contributed by atoms with van der Waals surface area (Å²) < 4.78 is 5.05. The molecule has 0 N–H and O–H groups in total. The number of benzene rings is 1. The monoisotopic (exact) mass is 264 g/mol. The number of hydrogen-bond donors (Lipinski definition) is 0. The van der Waals surface area contributed by atoms with Crippen LogP contribution >= 0.6 is 0 Å². The molecule has 2 heteroatoms. The van der Waals surface area contributed by atoms with E-state index in [0.29, 0.717) is 12.2 Å². The van der Waals surface area contributed by atoms with Crippen LogP contribution in [0, 0.1) is 0 Å². The van der Waals surface area contributed by atoms with Crippen LogP contribution in [0.25, 0.3) is 18.2 Å². The molecule has 2 nitrogen and oxygen atoms in total. The first kappa shape index (κ1) is 12.7. The largest absolute Gasteiger partial charge is 0.462 e. The smallest absolute Gasteiger partial charge is 0.338 e. The second-order valence-electron chi connectivity index (χ2n) is 4.78. The number of hydrogen-bond acceptors (Lipinski definition) is 2.